The van der Waals surface area contributed by atoms with Crippen LogP contribution in [0.2, 0.25) is 0 Å². The smallest absolute Gasteiger partial charge is 0.410 e. The SMILES string of the molecule is O=CN1CC2(CCN(C(=O)Oc3ccc([N+](=O)[O-])cc3)CC2)C1. The van der Waals surface area contributed by atoms with E-state index in [1.54, 1.807) is 9.80 Å². The maximum Gasteiger partial charge on any atom is 0.415 e. The van der Waals surface area contributed by atoms with Crippen LogP contribution in [-0.2, 0) is 4.79 Å². The molecule has 0 aromatic heterocycles. The van der Waals surface area contributed by atoms with Crippen molar-refractivity contribution < 1.29 is 19.2 Å². The summed E-state index contributed by atoms with van der Waals surface area (Å²) in [4.78, 5) is 36.2. The summed E-state index contributed by atoms with van der Waals surface area (Å²) in [6.45, 7) is 2.72. The molecular formula is C15H17N3O5. The first-order valence-corrected chi connectivity index (χ1v) is 7.42. The fraction of sp³-hybridized carbons (Fsp3) is 0.467. The zero-order valence-electron chi connectivity index (χ0n) is 12.5. The van der Waals surface area contributed by atoms with E-state index >= 15 is 0 Å². The lowest BCUT2D eigenvalue weighted by atomic mass is 9.72. The molecule has 1 aromatic rings. The molecule has 122 valence electrons. The number of nitro groups is 1. The van der Waals surface area contributed by atoms with Gasteiger partial charge in [0, 0.05) is 43.7 Å². The number of piperidine rings is 1. The molecule has 2 saturated heterocycles. The summed E-state index contributed by atoms with van der Waals surface area (Å²) in [5, 5.41) is 10.6. The second-order valence-corrected chi connectivity index (χ2v) is 6.12. The van der Waals surface area contributed by atoms with Crippen LogP contribution in [0.5, 0.6) is 5.75 Å². The zero-order valence-corrected chi connectivity index (χ0v) is 12.5. The minimum Gasteiger partial charge on any atom is -0.410 e. The van der Waals surface area contributed by atoms with E-state index in [9.17, 15) is 19.7 Å². The van der Waals surface area contributed by atoms with E-state index in [-0.39, 0.29) is 16.9 Å². The van der Waals surface area contributed by atoms with Crippen LogP contribution in [-0.4, -0.2) is 53.4 Å². The molecule has 2 amide bonds. The summed E-state index contributed by atoms with van der Waals surface area (Å²) in [5.41, 5.74) is 0.111. The number of hydrogen-bond donors (Lipinski definition) is 0. The monoisotopic (exact) mass is 319 g/mol. The van der Waals surface area contributed by atoms with Crippen LogP contribution < -0.4 is 4.74 Å². The van der Waals surface area contributed by atoms with Crippen LogP contribution in [0.15, 0.2) is 24.3 Å². The van der Waals surface area contributed by atoms with Gasteiger partial charge in [-0.15, -0.1) is 0 Å². The topological polar surface area (TPSA) is 93.0 Å². The minimum atomic E-state index is -0.503. The van der Waals surface area contributed by atoms with Gasteiger partial charge >= 0.3 is 6.09 Å². The molecule has 2 aliphatic heterocycles. The summed E-state index contributed by atoms with van der Waals surface area (Å²) in [5.74, 6) is 0.289. The molecule has 23 heavy (non-hydrogen) atoms. The lowest BCUT2D eigenvalue weighted by Crippen LogP contribution is -2.60. The lowest BCUT2D eigenvalue weighted by molar-refractivity contribution is -0.384. The molecule has 2 aliphatic rings. The quantitative estimate of drug-likeness (QED) is 0.480. The zero-order chi connectivity index (χ0) is 16.4. The number of carbonyl (C=O) groups is 2. The van der Waals surface area contributed by atoms with Crippen molar-refractivity contribution in [1.29, 1.82) is 0 Å². The number of likely N-dealkylation sites (tertiary alicyclic amines) is 2. The van der Waals surface area contributed by atoms with E-state index in [4.69, 9.17) is 4.74 Å². The van der Waals surface area contributed by atoms with E-state index in [1.165, 1.54) is 24.3 Å². The number of amides is 2. The molecule has 3 rings (SSSR count). The van der Waals surface area contributed by atoms with Crippen molar-refractivity contribution in [3.05, 3.63) is 34.4 Å². The van der Waals surface area contributed by atoms with Crippen LogP contribution in [0.25, 0.3) is 0 Å². The lowest BCUT2D eigenvalue weighted by Gasteiger charge is -2.52. The number of rotatable bonds is 3. The number of ether oxygens (including phenoxy) is 1. The van der Waals surface area contributed by atoms with Gasteiger partial charge in [-0.05, 0) is 25.0 Å². The molecule has 0 radical (unpaired) electrons. The summed E-state index contributed by atoms with van der Waals surface area (Å²) >= 11 is 0. The van der Waals surface area contributed by atoms with Gasteiger partial charge in [-0.25, -0.2) is 4.79 Å². The standard InChI is InChI=1S/C15H17N3O5/c19-11-16-9-15(10-16)5-7-17(8-6-15)14(20)23-13-3-1-12(2-4-13)18(21)22/h1-4,11H,5-10H2. The van der Waals surface area contributed by atoms with Crippen LogP contribution in [0.1, 0.15) is 12.8 Å². The van der Waals surface area contributed by atoms with Gasteiger partial charge in [0.25, 0.3) is 5.69 Å². The molecule has 2 fully saturated rings. The maximum absolute atomic E-state index is 12.1. The summed E-state index contributed by atoms with van der Waals surface area (Å²) in [6.07, 6.45) is 2.13. The predicted molar refractivity (Wildman–Crippen MR) is 80.0 cm³/mol. The number of nitrogens with zero attached hydrogens (tertiary/aromatic N) is 3. The van der Waals surface area contributed by atoms with Crippen molar-refractivity contribution in [1.82, 2.24) is 9.80 Å². The summed E-state index contributed by atoms with van der Waals surface area (Å²) in [6, 6.07) is 5.43. The van der Waals surface area contributed by atoms with Gasteiger partial charge in [-0.2, -0.15) is 0 Å². The first-order valence-electron chi connectivity index (χ1n) is 7.42. The number of benzene rings is 1. The van der Waals surface area contributed by atoms with Crippen molar-refractivity contribution in [2.24, 2.45) is 5.41 Å². The second kappa shape index (κ2) is 5.86. The Morgan fingerprint density at radius 3 is 2.35 bits per heavy atom. The highest BCUT2D eigenvalue weighted by atomic mass is 16.6. The molecule has 1 aromatic carbocycles. The Labute approximate surface area is 132 Å². The van der Waals surface area contributed by atoms with Gasteiger partial charge in [0.15, 0.2) is 0 Å². The number of hydrogen-bond acceptors (Lipinski definition) is 5. The Bertz CT molecular complexity index is 615. The van der Waals surface area contributed by atoms with Crippen molar-refractivity contribution in [2.75, 3.05) is 26.2 Å². The fourth-order valence-corrected chi connectivity index (χ4v) is 3.17. The van der Waals surface area contributed by atoms with Crippen molar-refractivity contribution in [2.45, 2.75) is 12.8 Å². The molecule has 0 unspecified atom stereocenters. The number of nitro benzene ring substituents is 1. The van der Waals surface area contributed by atoms with E-state index in [0.717, 1.165) is 32.3 Å². The van der Waals surface area contributed by atoms with Crippen LogP contribution in [0.4, 0.5) is 10.5 Å². The third-order valence-electron chi connectivity index (χ3n) is 4.56. The Morgan fingerprint density at radius 1 is 1.22 bits per heavy atom. The van der Waals surface area contributed by atoms with Crippen LogP contribution in [0, 0.1) is 15.5 Å². The molecule has 8 heteroatoms. The van der Waals surface area contributed by atoms with Gasteiger partial charge in [-0.3, -0.25) is 14.9 Å². The minimum absolute atomic E-state index is 0.0468. The third kappa shape index (κ3) is 3.10. The van der Waals surface area contributed by atoms with Gasteiger partial charge in [-0.1, -0.05) is 0 Å². The Morgan fingerprint density at radius 2 is 1.83 bits per heavy atom. The predicted octanol–water partition coefficient (Wildman–Crippen LogP) is 1.65. The Hall–Kier alpha value is -2.64. The van der Waals surface area contributed by atoms with Crippen molar-refractivity contribution >= 4 is 18.2 Å². The van der Waals surface area contributed by atoms with Gasteiger partial charge in [0.05, 0.1) is 4.92 Å². The molecule has 0 bridgehead atoms. The van der Waals surface area contributed by atoms with Crippen molar-refractivity contribution in [3.8, 4) is 5.75 Å². The molecule has 2 heterocycles. The van der Waals surface area contributed by atoms with Crippen LogP contribution in [0.3, 0.4) is 0 Å². The van der Waals surface area contributed by atoms with E-state index in [1.807, 2.05) is 0 Å². The highest BCUT2D eigenvalue weighted by Crippen LogP contribution is 2.39. The highest BCUT2D eigenvalue weighted by Gasteiger charge is 2.45. The number of non-ortho nitro benzene ring substituents is 1. The van der Waals surface area contributed by atoms with Crippen LogP contribution >= 0.6 is 0 Å². The molecule has 0 atom stereocenters. The van der Waals surface area contributed by atoms with Gasteiger partial charge < -0.3 is 14.5 Å². The van der Waals surface area contributed by atoms with E-state index < -0.39 is 11.0 Å². The third-order valence-corrected chi connectivity index (χ3v) is 4.56. The largest absolute Gasteiger partial charge is 0.415 e. The summed E-state index contributed by atoms with van der Waals surface area (Å²) in [7, 11) is 0. The fourth-order valence-electron chi connectivity index (χ4n) is 3.17. The molecule has 1 spiro atoms. The van der Waals surface area contributed by atoms with Gasteiger partial charge in [0.1, 0.15) is 5.75 Å². The normalized spacial score (nSPS) is 19.1. The molecule has 0 N–H and O–H groups in total. The summed E-state index contributed by atoms with van der Waals surface area (Å²) < 4.78 is 5.25. The average Bonchev–Trinajstić information content (AvgIpc) is 2.53. The molecule has 0 saturated carbocycles. The first-order chi connectivity index (χ1) is 11.0. The molecular weight excluding hydrogens is 302 g/mol. The Kier molecular flexibility index (Phi) is 3.89. The molecule has 8 nitrogen and oxygen atoms in total. The highest BCUT2D eigenvalue weighted by molar-refractivity contribution is 5.71. The second-order valence-electron chi connectivity index (χ2n) is 6.12. The molecule has 0 aliphatic carbocycles. The van der Waals surface area contributed by atoms with Crippen molar-refractivity contribution in [3.63, 3.8) is 0 Å². The Balaban J connectivity index is 1.52. The van der Waals surface area contributed by atoms with E-state index in [2.05, 4.69) is 0 Å². The maximum atomic E-state index is 12.1. The van der Waals surface area contributed by atoms with E-state index in [0.29, 0.717) is 13.1 Å². The number of carbonyl (C=O) groups excluding carboxylic acids is 2. The first kappa shape index (κ1) is 15.3. The average molecular weight is 319 g/mol. The van der Waals surface area contributed by atoms with Gasteiger partial charge in [0.2, 0.25) is 6.41 Å².